The molecule has 1 unspecified atom stereocenters. The van der Waals surface area contributed by atoms with Gasteiger partial charge in [-0.25, -0.2) is 0 Å². The van der Waals surface area contributed by atoms with Gasteiger partial charge in [0.05, 0.1) is 0 Å². The Balaban J connectivity index is 1.98. The van der Waals surface area contributed by atoms with Crippen LogP contribution in [-0.2, 0) is 5.41 Å². The van der Waals surface area contributed by atoms with E-state index in [0.717, 1.165) is 16.3 Å². The SMILES string of the molecule is CC(C)(C1=C(O)C=CC2=C(O)C1C2)c1c(O)ccc2cc(O)ccc12. The van der Waals surface area contributed by atoms with E-state index in [1.807, 2.05) is 13.8 Å². The molecule has 5 rings (SSSR count). The summed E-state index contributed by atoms with van der Waals surface area (Å²) in [5, 5.41) is 42.9. The van der Waals surface area contributed by atoms with Crippen molar-refractivity contribution in [3.05, 3.63) is 70.7 Å². The summed E-state index contributed by atoms with van der Waals surface area (Å²) in [7, 11) is 0. The smallest absolute Gasteiger partial charge is 0.120 e. The average molecular weight is 336 g/mol. The quantitative estimate of drug-likeness (QED) is 0.638. The summed E-state index contributed by atoms with van der Waals surface area (Å²) in [6.07, 6.45) is 4.03. The van der Waals surface area contributed by atoms with Crippen LogP contribution in [0.15, 0.2) is 65.1 Å². The van der Waals surface area contributed by atoms with Crippen molar-refractivity contribution >= 4 is 10.8 Å². The molecule has 0 aromatic heterocycles. The van der Waals surface area contributed by atoms with Crippen molar-refractivity contribution in [1.29, 1.82) is 0 Å². The third kappa shape index (κ3) is 2.14. The Morgan fingerprint density at radius 3 is 2.44 bits per heavy atom. The zero-order valence-corrected chi connectivity index (χ0v) is 14.1. The maximum Gasteiger partial charge on any atom is 0.120 e. The summed E-state index contributed by atoms with van der Waals surface area (Å²) in [4.78, 5) is 0. The standard InChI is InChI=1S/C21H20O4/c1-21(2,19-15-10-12(20(15)25)4-8-17(19)24)18-14-6-5-13(22)9-11(14)3-7-16(18)23/h3-9,15,22-25H,10H2,1-2H3. The number of fused-ring (bicyclic) bond motifs is 2. The third-order valence-corrected chi connectivity index (χ3v) is 5.43. The van der Waals surface area contributed by atoms with E-state index in [-0.39, 0.29) is 23.2 Å². The van der Waals surface area contributed by atoms with Crippen molar-refractivity contribution in [3.8, 4) is 11.5 Å². The third-order valence-electron chi connectivity index (χ3n) is 5.43. The van der Waals surface area contributed by atoms with Crippen molar-refractivity contribution in [3.63, 3.8) is 0 Å². The highest BCUT2D eigenvalue weighted by Crippen LogP contribution is 2.52. The number of rotatable bonds is 2. The van der Waals surface area contributed by atoms with Crippen LogP contribution in [0.5, 0.6) is 11.5 Å². The van der Waals surface area contributed by atoms with Gasteiger partial charge in [-0.3, -0.25) is 0 Å². The van der Waals surface area contributed by atoms with Crippen molar-refractivity contribution in [1.82, 2.24) is 0 Å². The minimum atomic E-state index is -0.719. The lowest BCUT2D eigenvalue weighted by Gasteiger charge is -2.38. The number of allylic oxidation sites excluding steroid dienone is 4. The Bertz CT molecular complexity index is 992. The average Bonchev–Trinajstić information content (AvgIpc) is 2.81. The van der Waals surface area contributed by atoms with Gasteiger partial charge in [-0.2, -0.15) is 0 Å². The molecule has 4 N–H and O–H groups in total. The molecule has 0 radical (unpaired) electrons. The van der Waals surface area contributed by atoms with Gasteiger partial charge in [-0.05, 0) is 52.6 Å². The number of aliphatic hydroxyl groups is 2. The largest absolute Gasteiger partial charge is 0.511 e. The van der Waals surface area contributed by atoms with Crippen molar-refractivity contribution in [2.24, 2.45) is 5.92 Å². The van der Waals surface area contributed by atoms with E-state index < -0.39 is 5.41 Å². The molecule has 4 heteroatoms. The molecule has 0 amide bonds. The Kier molecular flexibility index (Phi) is 3.16. The Hall–Kier alpha value is -2.88. The summed E-state index contributed by atoms with van der Waals surface area (Å²) >= 11 is 0. The molecular weight excluding hydrogens is 316 g/mol. The number of hydrogen-bond donors (Lipinski definition) is 4. The molecule has 0 aliphatic heterocycles. The van der Waals surface area contributed by atoms with Gasteiger partial charge in [0.2, 0.25) is 0 Å². The summed E-state index contributed by atoms with van der Waals surface area (Å²) in [5.74, 6) is 0.460. The molecule has 2 bridgehead atoms. The van der Waals surface area contributed by atoms with Gasteiger partial charge in [0.25, 0.3) is 0 Å². The normalized spacial score (nSPS) is 20.0. The predicted octanol–water partition coefficient (Wildman–Crippen LogP) is 4.74. The van der Waals surface area contributed by atoms with Crippen LogP contribution >= 0.6 is 0 Å². The van der Waals surface area contributed by atoms with Crippen LogP contribution in [-0.4, -0.2) is 20.4 Å². The lowest BCUT2D eigenvalue weighted by atomic mass is 9.66. The van der Waals surface area contributed by atoms with Crippen LogP contribution in [0.3, 0.4) is 0 Å². The molecule has 3 aliphatic rings. The molecule has 25 heavy (non-hydrogen) atoms. The maximum absolute atomic E-state index is 10.6. The van der Waals surface area contributed by atoms with Gasteiger partial charge in [-0.15, -0.1) is 0 Å². The van der Waals surface area contributed by atoms with Crippen molar-refractivity contribution in [2.75, 3.05) is 0 Å². The number of aliphatic hydroxyl groups excluding tert-OH is 2. The first-order valence-corrected chi connectivity index (χ1v) is 8.29. The fraction of sp³-hybridized carbons (Fsp3) is 0.238. The number of aromatic hydroxyl groups is 2. The van der Waals surface area contributed by atoms with Gasteiger partial charge in [-0.1, -0.05) is 32.1 Å². The fourth-order valence-electron chi connectivity index (χ4n) is 4.21. The van der Waals surface area contributed by atoms with E-state index in [4.69, 9.17) is 0 Å². The minimum absolute atomic E-state index is 0.125. The number of phenolic OH excluding ortho intramolecular Hbond substituents is 2. The van der Waals surface area contributed by atoms with Crippen LogP contribution in [0.1, 0.15) is 25.8 Å². The van der Waals surface area contributed by atoms with Gasteiger partial charge in [0, 0.05) is 16.9 Å². The number of hydrogen-bond acceptors (Lipinski definition) is 4. The van der Waals surface area contributed by atoms with E-state index in [1.165, 1.54) is 0 Å². The van der Waals surface area contributed by atoms with E-state index in [1.54, 1.807) is 42.5 Å². The van der Waals surface area contributed by atoms with E-state index >= 15 is 0 Å². The van der Waals surface area contributed by atoms with Crippen LogP contribution < -0.4 is 0 Å². The first-order valence-electron chi connectivity index (χ1n) is 8.29. The summed E-state index contributed by atoms with van der Waals surface area (Å²) in [6.45, 7) is 3.87. The second-order valence-corrected chi connectivity index (χ2v) is 7.29. The Morgan fingerprint density at radius 2 is 1.72 bits per heavy atom. The zero-order valence-electron chi connectivity index (χ0n) is 14.1. The van der Waals surface area contributed by atoms with Gasteiger partial charge in [0.15, 0.2) is 0 Å². The first-order chi connectivity index (χ1) is 11.8. The Labute approximate surface area is 145 Å². The van der Waals surface area contributed by atoms with E-state index in [2.05, 4.69) is 0 Å². The summed E-state index contributed by atoms with van der Waals surface area (Å²) in [6, 6.07) is 8.36. The lowest BCUT2D eigenvalue weighted by molar-refractivity contribution is 0.282. The molecule has 3 aliphatic carbocycles. The zero-order chi connectivity index (χ0) is 17.9. The van der Waals surface area contributed by atoms with Crippen LogP contribution in [0, 0.1) is 5.92 Å². The van der Waals surface area contributed by atoms with Crippen LogP contribution in [0.25, 0.3) is 10.8 Å². The highest BCUT2D eigenvalue weighted by Gasteiger charge is 2.43. The molecule has 4 nitrogen and oxygen atoms in total. The molecule has 0 heterocycles. The molecule has 128 valence electrons. The highest BCUT2D eigenvalue weighted by molar-refractivity contribution is 5.90. The Morgan fingerprint density at radius 1 is 0.960 bits per heavy atom. The predicted molar refractivity (Wildman–Crippen MR) is 96.9 cm³/mol. The second-order valence-electron chi connectivity index (χ2n) is 7.29. The number of phenols is 2. The van der Waals surface area contributed by atoms with E-state index in [9.17, 15) is 20.4 Å². The van der Waals surface area contributed by atoms with Gasteiger partial charge >= 0.3 is 0 Å². The maximum atomic E-state index is 10.6. The molecule has 2 aromatic rings. The second kappa shape index (κ2) is 5.06. The summed E-state index contributed by atoms with van der Waals surface area (Å²) < 4.78 is 0. The van der Waals surface area contributed by atoms with E-state index in [0.29, 0.717) is 23.3 Å². The lowest BCUT2D eigenvalue weighted by Crippen LogP contribution is -2.32. The molecule has 2 aromatic carbocycles. The minimum Gasteiger partial charge on any atom is -0.511 e. The van der Waals surface area contributed by atoms with Gasteiger partial charge in [0.1, 0.15) is 23.0 Å². The topological polar surface area (TPSA) is 80.9 Å². The van der Waals surface area contributed by atoms with Crippen molar-refractivity contribution < 1.29 is 20.4 Å². The first kappa shape index (κ1) is 15.6. The molecular formula is C21H20O4. The molecule has 0 fully saturated rings. The molecule has 1 atom stereocenters. The monoisotopic (exact) mass is 336 g/mol. The van der Waals surface area contributed by atoms with Crippen LogP contribution in [0.4, 0.5) is 0 Å². The summed E-state index contributed by atoms with van der Waals surface area (Å²) in [5.41, 5.74) is 1.49. The number of benzene rings is 2. The molecule has 0 saturated heterocycles. The fourth-order valence-corrected chi connectivity index (χ4v) is 4.21. The van der Waals surface area contributed by atoms with Crippen LogP contribution in [0.2, 0.25) is 0 Å². The molecule has 0 spiro atoms. The molecule has 0 saturated carbocycles. The van der Waals surface area contributed by atoms with Gasteiger partial charge < -0.3 is 20.4 Å². The highest BCUT2D eigenvalue weighted by atomic mass is 16.3. The van der Waals surface area contributed by atoms with Crippen molar-refractivity contribution in [2.45, 2.75) is 25.7 Å².